The van der Waals surface area contributed by atoms with Crippen LogP contribution in [0.15, 0.2) is 24.3 Å². The zero-order valence-corrected chi connectivity index (χ0v) is 12.5. The molecular weight excluding hydrogens is 255 g/mol. The van der Waals surface area contributed by atoms with Gasteiger partial charge in [-0.1, -0.05) is 26.8 Å². The lowest BCUT2D eigenvalue weighted by Crippen LogP contribution is -2.50. The van der Waals surface area contributed by atoms with Gasteiger partial charge in [-0.2, -0.15) is 0 Å². The third-order valence-electron chi connectivity index (χ3n) is 3.43. The monoisotopic (exact) mass is 278 g/mol. The summed E-state index contributed by atoms with van der Waals surface area (Å²) in [5.74, 6) is -0.429. The fraction of sp³-hybridized carbons (Fsp3) is 0.562. The van der Waals surface area contributed by atoms with E-state index in [1.165, 1.54) is 12.1 Å². The third kappa shape index (κ3) is 4.04. The highest BCUT2D eigenvalue weighted by Gasteiger charge is 2.24. The van der Waals surface area contributed by atoms with E-state index in [9.17, 15) is 9.18 Å². The van der Waals surface area contributed by atoms with Gasteiger partial charge in [0, 0.05) is 38.3 Å². The first-order chi connectivity index (χ1) is 9.35. The highest BCUT2D eigenvalue weighted by atomic mass is 19.1. The maximum Gasteiger partial charge on any atom is 0.254 e. The Morgan fingerprint density at radius 2 is 1.85 bits per heavy atom. The summed E-state index contributed by atoms with van der Waals surface area (Å²) in [5, 5.41) is 0. The molecule has 1 heterocycles. The minimum Gasteiger partial charge on any atom is -0.336 e. The first-order valence-corrected chi connectivity index (χ1v) is 7.12. The Balaban J connectivity index is 1.92. The van der Waals surface area contributed by atoms with E-state index in [-0.39, 0.29) is 17.1 Å². The van der Waals surface area contributed by atoms with E-state index in [4.69, 9.17) is 0 Å². The number of carbonyl (C=O) groups excluding carboxylic acids is 1. The van der Waals surface area contributed by atoms with Gasteiger partial charge in [0.15, 0.2) is 0 Å². The SMILES string of the molecule is CC(C)(C)CN1CCN(C(=O)c2cccc(F)c2)CC1. The largest absolute Gasteiger partial charge is 0.336 e. The summed E-state index contributed by atoms with van der Waals surface area (Å²) < 4.78 is 13.2. The molecular formula is C16H23FN2O. The number of amides is 1. The summed E-state index contributed by atoms with van der Waals surface area (Å²) in [5.41, 5.74) is 0.712. The lowest BCUT2D eigenvalue weighted by atomic mass is 9.96. The van der Waals surface area contributed by atoms with Gasteiger partial charge in [0.25, 0.3) is 5.91 Å². The maximum absolute atomic E-state index is 13.2. The van der Waals surface area contributed by atoms with E-state index < -0.39 is 0 Å². The average molecular weight is 278 g/mol. The van der Waals surface area contributed by atoms with Crippen LogP contribution in [0.4, 0.5) is 4.39 Å². The van der Waals surface area contributed by atoms with Crippen molar-refractivity contribution in [3.05, 3.63) is 35.6 Å². The van der Waals surface area contributed by atoms with Crippen LogP contribution < -0.4 is 0 Å². The second-order valence-electron chi connectivity index (χ2n) is 6.64. The molecule has 1 aromatic carbocycles. The molecule has 1 aliphatic heterocycles. The van der Waals surface area contributed by atoms with Gasteiger partial charge in [-0.3, -0.25) is 9.69 Å². The minimum atomic E-state index is -0.359. The molecule has 110 valence electrons. The summed E-state index contributed by atoms with van der Waals surface area (Å²) >= 11 is 0. The summed E-state index contributed by atoms with van der Waals surface area (Å²) in [6, 6.07) is 5.92. The summed E-state index contributed by atoms with van der Waals surface area (Å²) in [6.45, 7) is 10.9. The van der Waals surface area contributed by atoms with Crippen LogP contribution in [-0.4, -0.2) is 48.4 Å². The van der Waals surface area contributed by atoms with Crippen LogP contribution in [-0.2, 0) is 0 Å². The van der Waals surface area contributed by atoms with Crippen molar-refractivity contribution in [3.8, 4) is 0 Å². The van der Waals surface area contributed by atoms with Gasteiger partial charge in [0.1, 0.15) is 5.82 Å². The van der Waals surface area contributed by atoms with Gasteiger partial charge >= 0.3 is 0 Å². The van der Waals surface area contributed by atoms with Gasteiger partial charge in [-0.25, -0.2) is 4.39 Å². The van der Waals surface area contributed by atoms with Crippen molar-refractivity contribution >= 4 is 5.91 Å². The number of hydrogen-bond acceptors (Lipinski definition) is 2. The van der Waals surface area contributed by atoms with Crippen molar-refractivity contribution in [3.63, 3.8) is 0 Å². The second kappa shape index (κ2) is 5.92. The van der Waals surface area contributed by atoms with E-state index in [1.54, 1.807) is 12.1 Å². The first-order valence-electron chi connectivity index (χ1n) is 7.12. The molecule has 2 rings (SSSR count). The summed E-state index contributed by atoms with van der Waals surface area (Å²) in [6.07, 6.45) is 0. The van der Waals surface area contributed by atoms with E-state index in [1.807, 2.05) is 4.90 Å². The molecule has 3 nitrogen and oxygen atoms in total. The quantitative estimate of drug-likeness (QED) is 0.830. The van der Waals surface area contributed by atoms with E-state index in [0.717, 1.165) is 19.6 Å². The van der Waals surface area contributed by atoms with Crippen molar-refractivity contribution < 1.29 is 9.18 Å². The molecule has 0 bridgehead atoms. The smallest absolute Gasteiger partial charge is 0.254 e. The number of nitrogens with zero attached hydrogens (tertiary/aromatic N) is 2. The molecule has 0 radical (unpaired) electrons. The number of halogens is 1. The molecule has 1 aromatic rings. The van der Waals surface area contributed by atoms with Crippen molar-refractivity contribution in [2.45, 2.75) is 20.8 Å². The van der Waals surface area contributed by atoms with Gasteiger partial charge < -0.3 is 4.90 Å². The highest BCUT2D eigenvalue weighted by Crippen LogP contribution is 2.17. The number of hydrogen-bond donors (Lipinski definition) is 0. The van der Waals surface area contributed by atoms with Crippen molar-refractivity contribution in [2.24, 2.45) is 5.41 Å². The molecule has 0 spiro atoms. The Hall–Kier alpha value is -1.42. The van der Waals surface area contributed by atoms with E-state index in [0.29, 0.717) is 18.7 Å². The van der Waals surface area contributed by atoms with Gasteiger partial charge in [0.05, 0.1) is 0 Å². The molecule has 0 aromatic heterocycles. The van der Waals surface area contributed by atoms with Crippen LogP contribution in [0, 0.1) is 11.2 Å². The average Bonchev–Trinajstić information content (AvgIpc) is 2.37. The lowest BCUT2D eigenvalue weighted by molar-refractivity contribution is 0.0591. The Bertz CT molecular complexity index is 474. The van der Waals surface area contributed by atoms with Crippen LogP contribution in [0.5, 0.6) is 0 Å². The molecule has 0 unspecified atom stereocenters. The highest BCUT2D eigenvalue weighted by molar-refractivity contribution is 5.94. The maximum atomic E-state index is 13.2. The first kappa shape index (κ1) is 15.0. The van der Waals surface area contributed by atoms with Crippen LogP contribution in [0.25, 0.3) is 0 Å². The van der Waals surface area contributed by atoms with Gasteiger partial charge in [0.2, 0.25) is 0 Å². The van der Waals surface area contributed by atoms with Crippen LogP contribution in [0.3, 0.4) is 0 Å². The van der Waals surface area contributed by atoms with Gasteiger partial charge in [-0.15, -0.1) is 0 Å². The predicted octanol–water partition coefficient (Wildman–Crippen LogP) is 2.63. The van der Waals surface area contributed by atoms with Crippen molar-refractivity contribution in [1.82, 2.24) is 9.80 Å². The van der Waals surface area contributed by atoms with Crippen LogP contribution in [0.2, 0.25) is 0 Å². The van der Waals surface area contributed by atoms with Crippen molar-refractivity contribution in [1.29, 1.82) is 0 Å². The Morgan fingerprint density at radius 1 is 1.20 bits per heavy atom. The molecule has 0 atom stereocenters. The zero-order valence-electron chi connectivity index (χ0n) is 12.5. The summed E-state index contributed by atoms with van der Waals surface area (Å²) in [4.78, 5) is 16.5. The number of benzene rings is 1. The molecule has 1 amide bonds. The number of carbonyl (C=O) groups is 1. The zero-order chi connectivity index (χ0) is 14.8. The third-order valence-corrected chi connectivity index (χ3v) is 3.43. The Kier molecular flexibility index (Phi) is 4.43. The molecule has 0 aliphatic carbocycles. The number of rotatable bonds is 2. The molecule has 1 saturated heterocycles. The fourth-order valence-electron chi connectivity index (χ4n) is 2.58. The molecule has 0 N–H and O–H groups in total. The predicted molar refractivity (Wildman–Crippen MR) is 78.2 cm³/mol. The minimum absolute atomic E-state index is 0.0695. The second-order valence-corrected chi connectivity index (χ2v) is 6.64. The van der Waals surface area contributed by atoms with E-state index >= 15 is 0 Å². The Morgan fingerprint density at radius 3 is 2.40 bits per heavy atom. The Labute approximate surface area is 120 Å². The normalized spacial score (nSPS) is 17.3. The standard InChI is InChI=1S/C16H23FN2O/c1-16(2,3)12-18-7-9-19(10-8-18)15(20)13-5-4-6-14(17)11-13/h4-6,11H,7-10,12H2,1-3H3. The van der Waals surface area contributed by atoms with Gasteiger partial charge in [-0.05, 0) is 23.6 Å². The van der Waals surface area contributed by atoms with E-state index in [2.05, 4.69) is 25.7 Å². The molecule has 20 heavy (non-hydrogen) atoms. The van der Waals surface area contributed by atoms with Crippen LogP contribution in [0.1, 0.15) is 31.1 Å². The lowest BCUT2D eigenvalue weighted by Gasteiger charge is -2.37. The van der Waals surface area contributed by atoms with Crippen LogP contribution >= 0.6 is 0 Å². The van der Waals surface area contributed by atoms with Crippen molar-refractivity contribution in [2.75, 3.05) is 32.7 Å². The molecule has 1 aliphatic rings. The molecule has 0 saturated carbocycles. The summed E-state index contributed by atoms with van der Waals surface area (Å²) in [7, 11) is 0. The molecule has 4 heteroatoms. The number of piperazine rings is 1. The fourth-order valence-corrected chi connectivity index (χ4v) is 2.58. The topological polar surface area (TPSA) is 23.6 Å². The molecule has 1 fully saturated rings.